The van der Waals surface area contributed by atoms with Gasteiger partial charge in [-0.1, -0.05) is 36.4 Å². The molecule has 0 aliphatic carbocycles. The molecule has 0 atom stereocenters. The number of hydrogen-bond donors (Lipinski definition) is 1. The van der Waals surface area contributed by atoms with Gasteiger partial charge in [-0.3, -0.25) is 14.9 Å². The number of anilines is 1. The number of thiazole rings is 1. The van der Waals surface area contributed by atoms with E-state index >= 15 is 0 Å². The van der Waals surface area contributed by atoms with E-state index in [1.54, 1.807) is 60.0 Å². The predicted molar refractivity (Wildman–Crippen MR) is 129 cm³/mol. The van der Waals surface area contributed by atoms with Gasteiger partial charge in [0.2, 0.25) is 0 Å². The van der Waals surface area contributed by atoms with Gasteiger partial charge in [-0.05, 0) is 36.4 Å². The van der Waals surface area contributed by atoms with Crippen molar-refractivity contribution in [2.45, 2.75) is 0 Å². The number of hydrogen-bond acceptors (Lipinski definition) is 6. The number of fused-ring (bicyclic) bond motifs is 1. The molecule has 5 aromatic rings. The van der Waals surface area contributed by atoms with Crippen molar-refractivity contribution in [3.05, 3.63) is 100 Å². The van der Waals surface area contributed by atoms with Crippen molar-refractivity contribution in [1.82, 2.24) is 14.8 Å². The van der Waals surface area contributed by atoms with Crippen LogP contribution in [0.5, 0.6) is 5.75 Å². The molecule has 34 heavy (non-hydrogen) atoms. The molecule has 0 aliphatic heterocycles. The number of aromatic nitrogens is 3. The van der Waals surface area contributed by atoms with Crippen LogP contribution in [-0.4, -0.2) is 27.8 Å². The fraction of sp³-hybridized carbons (Fsp3) is 0.0400. The Kier molecular flexibility index (Phi) is 5.60. The lowest BCUT2D eigenvalue weighted by Crippen LogP contribution is -2.26. The summed E-state index contributed by atoms with van der Waals surface area (Å²) in [5.74, 6) is -0.876. The molecular formula is C25H17FN4O3S. The second-order valence-corrected chi connectivity index (χ2v) is 8.15. The zero-order valence-corrected chi connectivity index (χ0v) is 18.7. The van der Waals surface area contributed by atoms with E-state index in [2.05, 4.69) is 15.4 Å². The van der Waals surface area contributed by atoms with Gasteiger partial charge in [-0.2, -0.15) is 9.78 Å². The van der Waals surface area contributed by atoms with E-state index in [0.29, 0.717) is 32.8 Å². The second-order valence-electron chi connectivity index (χ2n) is 7.29. The second kappa shape index (κ2) is 8.87. The summed E-state index contributed by atoms with van der Waals surface area (Å²) in [5.41, 5.74) is 1.37. The highest BCUT2D eigenvalue weighted by molar-refractivity contribution is 7.14. The van der Waals surface area contributed by atoms with Crippen LogP contribution in [0.4, 0.5) is 9.52 Å². The largest absolute Gasteiger partial charge is 0.494 e. The minimum Gasteiger partial charge on any atom is -0.494 e. The van der Waals surface area contributed by atoms with E-state index in [-0.39, 0.29) is 17.0 Å². The third-order valence-corrected chi connectivity index (χ3v) is 5.95. The molecule has 2 aromatic heterocycles. The molecule has 0 spiro atoms. The molecule has 0 radical (unpaired) electrons. The molecule has 2 heterocycles. The SMILES string of the molecule is COc1ccc(-c2csc(NC(=O)c3nn(-c4ccccc4)c(=O)c4ccccc34)n2)cc1F. The molecule has 1 amide bonds. The van der Waals surface area contributed by atoms with Gasteiger partial charge in [0.25, 0.3) is 11.5 Å². The van der Waals surface area contributed by atoms with Crippen molar-refractivity contribution in [2.75, 3.05) is 12.4 Å². The van der Waals surface area contributed by atoms with Crippen molar-refractivity contribution in [3.63, 3.8) is 0 Å². The van der Waals surface area contributed by atoms with Gasteiger partial charge in [-0.25, -0.2) is 9.37 Å². The maximum absolute atomic E-state index is 14.1. The molecule has 3 aromatic carbocycles. The summed E-state index contributed by atoms with van der Waals surface area (Å²) in [6, 6.07) is 20.2. The zero-order chi connectivity index (χ0) is 23.7. The third kappa shape index (κ3) is 3.93. The monoisotopic (exact) mass is 472 g/mol. The molecule has 0 unspecified atom stereocenters. The average molecular weight is 473 g/mol. The molecule has 0 saturated heterocycles. The van der Waals surface area contributed by atoms with Gasteiger partial charge in [0.1, 0.15) is 0 Å². The van der Waals surface area contributed by atoms with Crippen LogP contribution >= 0.6 is 11.3 Å². The van der Waals surface area contributed by atoms with Gasteiger partial charge in [0.05, 0.1) is 23.9 Å². The van der Waals surface area contributed by atoms with Crippen LogP contribution in [0.1, 0.15) is 10.5 Å². The number of nitrogens with one attached hydrogen (secondary N) is 1. The summed E-state index contributed by atoms with van der Waals surface area (Å²) in [5, 5.41) is 9.96. The number of nitrogens with zero attached hydrogens (tertiary/aromatic N) is 3. The van der Waals surface area contributed by atoms with Crippen LogP contribution < -0.4 is 15.6 Å². The van der Waals surface area contributed by atoms with Crippen molar-refractivity contribution in [2.24, 2.45) is 0 Å². The van der Waals surface area contributed by atoms with Crippen LogP contribution in [0.25, 0.3) is 27.7 Å². The standard InChI is InChI=1S/C25H17FN4O3S/c1-33-21-12-11-15(13-19(21)26)20-14-34-25(27-20)28-23(31)22-17-9-5-6-10-18(17)24(32)30(29-22)16-7-3-2-4-8-16/h2-14H,1H3,(H,27,28,31). The van der Waals surface area contributed by atoms with E-state index in [9.17, 15) is 14.0 Å². The molecule has 5 rings (SSSR count). The Morgan fingerprint density at radius 1 is 1.03 bits per heavy atom. The summed E-state index contributed by atoms with van der Waals surface area (Å²) in [4.78, 5) is 30.6. The van der Waals surface area contributed by atoms with Crippen LogP contribution in [0.2, 0.25) is 0 Å². The molecule has 0 bridgehead atoms. The number of methoxy groups -OCH3 is 1. The number of benzene rings is 3. The molecule has 1 N–H and O–H groups in total. The summed E-state index contributed by atoms with van der Waals surface area (Å²) in [6.45, 7) is 0. The summed E-state index contributed by atoms with van der Waals surface area (Å²) < 4.78 is 20.2. The third-order valence-electron chi connectivity index (χ3n) is 5.19. The fourth-order valence-corrected chi connectivity index (χ4v) is 4.26. The molecule has 0 saturated carbocycles. The van der Waals surface area contributed by atoms with Crippen molar-refractivity contribution in [3.8, 4) is 22.7 Å². The quantitative estimate of drug-likeness (QED) is 0.393. The first kappa shape index (κ1) is 21.5. The number of halogens is 1. The van der Waals surface area contributed by atoms with Gasteiger partial charge in [0, 0.05) is 16.3 Å². The maximum atomic E-state index is 14.1. The Morgan fingerprint density at radius 3 is 2.50 bits per heavy atom. The molecule has 7 nitrogen and oxygen atoms in total. The Hall–Kier alpha value is -4.37. The number of carbonyl (C=O) groups is 1. The molecular weight excluding hydrogens is 455 g/mol. The first-order chi connectivity index (χ1) is 16.5. The fourth-order valence-electron chi connectivity index (χ4n) is 3.55. The number of ether oxygens (including phenoxy) is 1. The van der Waals surface area contributed by atoms with E-state index in [4.69, 9.17) is 4.74 Å². The van der Waals surface area contributed by atoms with Crippen LogP contribution in [0.3, 0.4) is 0 Å². The smallest absolute Gasteiger partial charge is 0.279 e. The van der Waals surface area contributed by atoms with Gasteiger partial charge < -0.3 is 4.74 Å². The van der Waals surface area contributed by atoms with Crippen molar-refractivity contribution in [1.29, 1.82) is 0 Å². The van der Waals surface area contributed by atoms with Crippen LogP contribution in [-0.2, 0) is 0 Å². The summed E-state index contributed by atoms with van der Waals surface area (Å²) in [7, 11) is 1.40. The number of carbonyl (C=O) groups excluding carboxylic acids is 1. The normalized spacial score (nSPS) is 10.9. The van der Waals surface area contributed by atoms with E-state index < -0.39 is 11.7 Å². The van der Waals surface area contributed by atoms with Gasteiger partial charge in [0.15, 0.2) is 22.4 Å². The van der Waals surface area contributed by atoms with E-state index in [1.807, 2.05) is 6.07 Å². The van der Waals surface area contributed by atoms with Gasteiger partial charge >= 0.3 is 0 Å². The summed E-state index contributed by atoms with van der Waals surface area (Å²) >= 11 is 1.20. The molecule has 9 heteroatoms. The Bertz CT molecular complexity index is 1580. The molecule has 0 fully saturated rings. The van der Waals surface area contributed by atoms with Crippen LogP contribution in [0.15, 0.2) is 83.0 Å². The number of amides is 1. The Labute approximate surface area is 197 Å². The first-order valence-electron chi connectivity index (χ1n) is 10.2. The topological polar surface area (TPSA) is 86.1 Å². The number of rotatable bonds is 5. The van der Waals surface area contributed by atoms with Crippen LogP contribution in [0, 0.1) is 5.82 Å². The predicted octanol–water partition coefficient (Wildman–Crippen LogP) is 4.91. The van der Waals surface area contributed by atoms with Crippen molar-refractivity contribution < 1.29 is 13.9 Å². The summed E-state index contributed by atoms with van der Waals surface area (Å²) in [6.07, 6.45) is 0. The van der Waals surface area contributed by atoms with Gasteiger partial charge in [-0.15, -0.1) is 11.3 Å². The van der Waals surface area contributed by atoms with E-state index in [0.717, 1.165) is 0 Å². The Balaban J connectivity index is 1.51. The Morgan fingerprint density at radius 2 is 1.76 bits per heavy atom. The average Bonchev–Trinajstić information content (AvgIpc) is 3.33. The molecule has 0 aliphatic rings. The highest BCUT2D eigenvalue weighted by atomic mass is 32.1. The maximum Gasteiger partial charge on any atom is 0.279 e. The lowest BCUT2D eigenvalue weighted by molar-refractivity contribution is 0.102. The highest BCUT2D eigenvalue weighted by Gasteiger charge is 2.19. The van der Waals surface area contributed by atoms with E-state index in [1.165, 1.54) is 35.3 Å². The first-order valence-corrected chi connectivity index (χ1v) is 11.1. The molecule has 168 valence electrons. The number of para-hydroxylation sites is 1. The lowest BCUT2D eigenvalue weighted by atomic mass is 10.1. The van der Waals surface area contributed by atoms with Crippen molar-refractivity contribution >= 4 is 33.1 Å². The minimum absolute atomic E-state index is 0.0892. The lowest BCUT2D eigenvalue weighted by Gasteiger charge is -2.10. The highest BCUT2D eigenvalue weighted by Crippen LogP contribution is 2.29. The zero-order valence-electron chi connectivity index (χ0n) is 17.9. The minimum atomic E-state index is -0.511.